The molecule has 3 rings (SSSR count). The molecule has 0 aliphatic heterocycles. The number of aryl methyl sites for hydroxylation is 2. The number of halogens is 3. The number of alkyl halides is 3. The monoisotopic (exact) mass is 400 g/mol. The van der Waals surface area contributed by atoms with Gasteiger partial charge in [0.05, 0.1) is 13.6 Å². The van der Waals surface area contributed by atoms with Crippen molar-refractivity contribution >= 4 is 13.3 Å². The van der Waals surface area contributed by atoms with E-state index in [1.165, 1.54) is 11.3 Å². The molecule has 2 aromatic carbocycles. The van der Waals surface area contributed by atoms with Crippen LogP contribution in [0.15, 0.2) is 60.8 Å². The zero-order valence-electron chi connectivity index (χ0n) is 16.9. The predicted octanol–water partition coefficient (Wildman–Crippen LogP) is 5.72. The largest absolute Gasteiger partial charge is 0.417 e. The fourth-order valence-electron chi connectivity index (χ4n) is 3.41. The summed E-state index contributed by atoms with van der Waals surface area (Å²) in [6, 6.07) is 15.9. The summed E-state index contributed by atoms with van der Waals surface area (Å²) in [4.78, 5) is 0. The fraction of sp³-hybridized carbons (Fsp3) is 0.261. The number of benzene rings is 2. The molecule has 0 N–H and O–H groups in total. The number of rotatable bonds is 3. The summed E-state index contributed by atoms with van der Waals surface area (Å²) >= 11 is 0. The molecule has 1 heterocycles. The molecule has 0 radical (unpaired) electrons. The highest BCUT2D eigenvalue weighted by atomic mass is 28.3. The van der Waals surface area contributed by atoms with E-state index in [1.807, 2.05) is 17.7 Å². The van der Waals surface area contributed by atoms with Crippen LogP contribution in [0.4, 0.5) is 13.2 Å². The van der Waals surface area contributed by atoms with E-state index in [1.54, 1.807) is 43.3 Å². The third-order valence-electron chi connectivity index (χ3n) is 5.03. The van der Waals surface area contributed by atoms with Crippen LogP contribution in [-0.2, 0) is 13.2 Å². The number of pyridine rings is 1. The van der Waals surface area contributed by atoms with Gasteiger partial charge in [0.1, 0.15) is 7.05 Å². The Balaban J connectivity index is 2.24. The molecule has 0 saturated carbocycles. The Kier molecular flexibility index (Phi) is 5.23. The maximum absolute atomic E-state index is 13.7. The lowest BCUT2D eigenvalue weighted by Gasteiger charge is -2.18. The van der Waals surface area contributed by atoms with Crippen LogP contribution in [0.3, 0.4) is 0 Å². The number of nitrogens with zero attached hydrogens (tertiary/aromatic N) is 1. The summed E-state index contributed by atoms with van der Waals surface area (Å²) < 4.78 is 43.2. The molecular formula is C23H25F3NSi+. The Bertz CT molecular complexity index is 1000. The topological polar surface area (TPSA) is 3.88 Å². The molecule has 28 heavy (non-hydrogen) atoms. The summed E-state index contributed by atoms with van der Waals surface area (Å²) in [5.74, 6) is 0. The maximum atomic E-state index is 13.7. The normalized spacial score (nSPS) is 12.3. The SMILES string of the molecule is Cc1cc(C(F)(F)F)c(-c2ccccc2)cc1-c1ccc([Si](C)(C)C)c[n+]1C. The van der Waals surface area contributed by atoms with Crippen molar-refractivity contribution in [2.45, 2.75) is 32.7 Å². The lowest BCUT2D eigenvalue weighted by atomic mass is 9.92. The van der Waals surface area contributed by atoms with Crippen LogP contribution >= 0.6 is 0 Å². The second-order valence-corrected chi connectivity index (χ2v) is 13.3. The second kappa shape index (κ2) is 7.21. The van der Waals surface area contributed by atoms with Gasteiger partial charge in [-0.3, -0.25) is 0 Å². The Morgan fingerprint density at radius 3 is 2.04 bits per heavy atom. The van der Waals surface area contributed by atoms with E-state index in [-0.39, 0.29) is 5.56 Å². The summed E-state index contributed by atoms with van der Waals surface area (Å²) in [7, 11) is 0.487. The van der Waals surface area contributed by atoms with Gasteiger partial charge in [-0.1, -0.05) is 56.0 Å². The molecule has 0 atom stereocenters. The third kappa shape index (κ3) is 4.04. The first-order valence-corrected chi connectivity index (χ1v) is 12.8. The Morgan fingerprint density at radius 1 is 0.857 bits per heavy atom. The Hall–Kier alpha value is -2.40. The number of hydrogen-bond donors (Lipinski definition) is 0. The van der Waals surface area contributed by atoms with Gasteiger partial charge >= 0.3 is 6.18 Å². The zero-order valence-corrected chi connectivity index (χ0v) is 17.9. The van der Waals surface area contributed by atoms with E-state index in [2.05, 4.69) is 31.9 Å². The summed E-state index contributed by atoms with van der Waals surface area (Å²) in [6.07, 6.45) is -2.29. The van der Waals surface area contributed by atoms with Crippen molar-refractivity contribution in [1.29, 1.82) is 0 Å². The second-order valence-electron chi connectivity index (χ2n) is 8.24. The molecule has 1 nitrogen and oxygen atoms in total. The van der Waals surface area contributed by atoms with Crippen LogP contribution in [-0.4, -0.2) is 8.07 Å². The van der Waals surface area contributed by atoms with Gasteiger partial charge in [0, 0.05) is 16.8 Å². The van der Waals surface area contributed by atoms with Crippen molar-refractivity contribution in [2.24, 2.45) is 7.05 Å². The van der Waals surface area contributed by atoms with E-state index in [9.17, 15) is 13.2 Å². The molecule has 0 unspecified atom stereocenters. The lowest BCUT2D eigenvalue weighted by Crippen LogP contribution is -2.45. The highest BCUT2D eigenvalue weighted by Gasteiger charge is 2.35. The summed E-state index contributed by atoms with van der Waals surface area (Å²) in [5.41, 5.74) is 2.52. The van der Waals surface area contributed by atoms with Crippen molar-refractivity contribution in [3.63, 3.8) is 0 Å². The van der Waals surface area contributed by atoms with Crippen LogP contribution in [0, 0.1) is 6.92 Å². The van der Waals surface area contributed by atoms with Crippen LogP contribution in [0.25, 0.3) is 22.4 Å². The highest BCUT2D eigenvalue weighted by Crippen LogP contribution is 2.40. The van der Waals surface area contributed by atoms with Crippen LogP contribution in [0.2, 0.25) is 19.6 Å². The molecule has 0 spiro atoms. The molecule has 0 amide bonds. The van der Waals surface area contributed by atoms with E-state index in [4.69, 9.17) is 0 Å². The molecule has 0 bridgehead atoms. The van der Waals surface area contributed by atoms with E-state index in [0.29, 0.717) is 11.1 Å². The first-order chi connectivity index (χ1) is 13.0. The molecule has 1 aromatic heterocycles. The highest BCUT2D eigenvalue weighted by molar-refractivity contribution is 6.88. The minimum absolute atomic E-state index is 0.211. The molecule has 0 fully saturated rings. The maximum Gasteiger partial charge on any atom is 0.417 e. The van der Waals surface area contributed by atoms with Gasteiger partial charge < -0.3 is 0 Å². The molecule has 0 aliphatic carbocycles. The average molecular weight is 401 g/mol. The first kappa shape index (κ1) is 20.3. The minimum atomic E-state index is -4.40. The molecule has 0 aliphatic rings. The van der Waals surface area contributed by atoms with Crippen molar-refractivity contribution in [2.75, 3.05) is 0 Å². The number of hydrogen-bond acceptors (Lipinski definition) is 0. The van der Waals surface area contributed by atoms with E-state index < -0.39 is 19.8 Å². The van der Waals surface area contributed by atoms with Crippen LogP contribution in [0.5, 0.6) is 0 Å². The summed E-state index contributed by atoms with van der Waals surface area (Å²) in [6.45, 7) is 8.57. The van der Waals surface area contributed by atoms with Crippen LogP contribution < -0.4 is 9.75 Å². The van der Waals surface area contributed by atoms with Gasteiger partial charge in [0.15, 0.2) is 6.20 Å². The molecular weight excluding hydrogens is 375 g/mol. The van der Waals surface area contributed by atoms with Crippen molar-refractivity contribution in [3.8, 4) is 22.4 Å². The minimum Gasteiger partial charge on any atom is -0.201 e. The van der Waals surface area contributed by atoms with Gasteiger partial charge in [0.25, 0.3) is 0 Å². The van der Waals surface area contributed by atoms with Gasteiger partial charge in [-0.15, -0.1) is 0 Å². The zero-order chi connectivity index (χ0) is 20.7. The molecule has 5 heteroatoms. The quantitative estimate of drug-likeness (QED) is 0.391. The van der Waals surface area contributed by atoms with Gasteiger partial charge in [-0.25, -0.2) is 4.57 Å². The van der Waals surface area contributed by atoms with Gasteiger partial charge in [-0.2, -0.15) is 13.2 Å². The Labute approximate surface area is 165 Å². The lowest BCUT2D eigenvalue weighted by molar-refractivity contribution is -0.659. The fourth-order valence-corrected chi connectivity index (χ4v) is 4.57. The van der Waals surface area contributed by atoms with E-state index in [0.717, 1.165) is 11.3 Å². The van der Waals surface area contributed by atoms with Crippen molar-refractivity contribution in [1.82, 2.24) is 0 Å². The Morgan fingerprint density at radius 2 is 1.50 bits per heavy atom. The van der Waals surface area contributed by atoms with Crippen molar-refractivity contribution < 1.29 is 17.7 Å². The third-order valence-corrected chi connectivity index (χ3v) is 7.06. The van der Waals surface area contributed by atoms with E-state index >= 15 is 0 Å². The van der Waals surface area contributed by atoms with Gasteiger partial charge in [-0.05, 0) is 35.7 Å². The van der Waals surface area contributed by atoms with Gasteiger partial charge in [0.2, 0.25) is 5.69 Å². The standard InChI is InChI=1S/C23H25F3NSi/c1-16-13-21(23(24,25)26)20(17-9-7-6-8-10-17)14-19(16)22-12-11-18(15-27(22)2)28(3,4)5/h6-15H,1-5H3/q+1. The molecule has 0 saturated heterocycles. The molecule has 3 aromatic rings. The predicted molar refractivity (Wildman–Crippen MR) is 111 cm³/mol. The smallest absolute Gasteiger partial charge is 0.201 e. The average Bonchev–Trinajstić information content (AvgIpc) is 2.61. The summed E-state index contributed by atoms with van der Waals surface area (Å²) in [5, 5.41) is 1.31. The van der Waals surface area contributed by atoms with Crippen molar-refractivity contribution in [3.05, 3.63) is 71.9 Å². The number of aromatic nitrogens is 1. The molecule has 146 valence electrons. The first-order valence-electron chi connectivity index (χ1n) is 9.26. The van der Waals surface area contributed by atoms with Crippen LogP contribution in [0.1, 0.15) is 11.1 Å².